The summed E-state index contributed by atoms with van der Waals surface area (Å²) >= 11 is 0. The summed E-state index contributed by atoms with van der Waals surface area (Å²) in [5.74, 6) is 1.36. The standard InChI is InChI=1S/C11H19BNO/c1-8(2)13-11-5-4-10(7-12-11)6-9(3)14/h10-11,13H,1,4-7H2,2-3H3. The predicted octanol–water partition coefficient (Wildman–Crippen LogP) is 1.95. The van der Waals surface area contributed by atoms with Crippen LogP contribution < -0.4 is 5.32 Å². The first-order chi connectivity index (χ1) is 6.58. The van der Waals surface area contributed by atoms with Crippen LogP contribution in [0.25, 0.3) is 0 Å². The normalized spacial score (nSPS) is 26.4. The molecule has 77 valence electrons. The van der Waals surface area contributed by atoms with E-state index in [4.69, 9.17) is 0 Å². The van der Waals surface area contributed by atoms with Gasteiger partial charge in [0.05, 0.1) is 0 Å². The van der Waals surface area contributed by atoms with Gasteiger partial charge in [0.15, 0.2) is 0 Å². The molecular formula is C11H19BNO. The van der Waals surface area contributed by atoms with Gasteiger partial charge in [-0.15, -0.1) is 0 Å². The van der Waals surface area contributed by atoms with E-state index >= 15 is 0 Å². The average molecular weight is 192 g/mol. The molecule has 1 N–H and O–H groups in total. The Morgan fingerprint density at radius 1 is 1.50 bits per heavy atom. The maximum absolute atomic E-state index is 10.9. The Bertz CT molecular complexity index is 195. The van der Waals surface area contributed by atoms with E-state index in [9.17, 15) is 4.79 Å². The summed E-state index contributed by atoms with van der Waals surface area (Å²) in [5, 5.41) is 3.32. The largest absolute Gasteiger partial charge is 0.394 e. The molecule has 1 aliphatic rings. The van der Waals surface area contributed by atoms with Crippen molar-refractivity contribution in [1.29, 1.82) is 0 Å². The van der Waals surface area contributed by atoms with Crippen LogP contribution in [-0.4, -0.2) is 19.0 Å². The molecule has 0 aromatic heterocycles. The number of allylic oxidation sites excluding steroid dienone is 1. The van der Waals surface area contributed by atoms with Gasteiger partial charge >= 0.3 is 0 Å². The molecule has 1 fully saturated rings. The first kappa shape index (κ1) is 11.4. The van der Waals surface area contributed by atoms with Crippen molar-refractivity contribution in [2.24, 2.45) is 5.92 Å². The van der Waals surface area contributed by atoms with Crippen molar-refractivity contribution in [2.75, 3.05) is 0 Å². The Labute approximate surface area is 87.4 Å². The van der Waals surface area contributed by atoms with Gasteiger partial charge in [0.1, 0.15) is 13.1 Å². The molecule has 1 heterocycles. The van der Waals surface area contributed by atoms with Crippen molar-refractivity contribution in [3.63, 3.8) is 0 Å². The predicted molar refractivity (Wildman–Crippen MR) is 60.3 cm³/mol. The molecular weight excluding hydrogens is 173 g/mol. The van der Waals surface area contributed by atoms with Crippen molar-refractivity contribution in [3.05, 3.63) is 12.3 Å². The van der Waals surface area contributed by atoms with E-state index in [1.807, 2.05) is 6.92 Å². The Balaban J connectivity index is 2.24. The fraction of sp³-hybridized carbons (Fsp3) is 0.727. The summed E-state index contributed by atoms with van der Waals surface area (Å²) in [5.41, 5.74) is 1.02. The highest BCUT2D eigenvalue weighted by atomic mass is 16.1. The minimum absolute atomic E-state index is 0.315. The SMILES string of the molecule is C=C(C)NC1[B]CC(CC(C)=O)CC1. The zero-order valence-corrected chi connectivity index (χ0v) is 9.18. The molecule has 14 heavy (non-hydrogen) atoms. The third kappa shape index (κ3) is 3.99. The number of carbonyl (C=O) groups is 1. The second kappa shape index (κ2) is 5.23. The fourth-order valence-corrected chi connectivity index (χ4v) is 2.05. The summed E-state index contributed by atoms with van der Waals surface area (Å²) in [6.07, 6.45) is 4.09. The van der Waals surface area contributed by atoms with E-state index < -0.39 is 0 Å². The van der Waals surface area contributed by atoms with Gasteiger partial charge in [0.25, 0.3) is 0 Å². The van der Waals surface area contributed by atoms with Gasteiger partial charge in [-0.05, 0) is 44.2 Å². The van der Waals surface area contributed by atoms with E-state index in [2.05, 4.69) is 19.2 Å². The van der Waals surface area contributed by atoms with Gasteiger partial charge in [0, 0.05) is 6.42 Å². The Morgan fingerprint density at radius 2 is 2.21 bits per heavy atom. The summed E-state index contributed by atoms with van der Waals surface area (Å²) < 4.78 is 0. The molecule has 0 bridgehead atoms. The minimum atomic E-state index is 0.315. The lowest BCUT2D eigenvalue weighted by Gasteiger charge is -2.28. The van der Waals surface area contributed by atoms with Crippen LogP contribution in [0.3, 0.4) is 0 Å². The Kier molecular flexibility index (Phi) is 4.24. The third-order valence-electron chi connectivity index (χ3n) is 2.65. The molecule has 2 unspecified atom stereocenters. The first-order valence-electron chi connectivity index (χ1n) is 5.32. The summed E-state index contributed by atoms with van der Waals surface area (Å²) in [7, 11) is 2.28. The third-order valence-corrected chi connectivity index (χ3v) is 2.65. The molecule has 0 saturated carbocycles. The van der Waals surface area contributed by atoms with Gasteiger partial charge in [-0.25, -0.2) is 0 Å². The van der Waals surface area contributed by atoms with Crippen LogP contribution in [0.5, 0.6) is 0 Å². The lowest BCUT2D eigenvalue weighted by atomic mass is 9.56. The molecule has 0 spiro atoms. The van der Waals surface area contributed by atoms with Crippen LogP contribution in [0.1, 0.15) is 33.1 Å². The smallest absolute Gasteiger partial charge is 0.140 e. The summed E-state index contributed by atoms with van der Waals surface area (Å²) in [4.78, 5) is 10.9. The van der Waals surface area contributed by atoms with E-state index in [1.165, 1.54) is 0 Å². The lowest BCUT2D eigenvalue weighted by molar-refractivity contribution is -0.117. The maximum Gasteiger partial charge on any atom is 0.140 e. The van der Waals surface area contributed by atoms with E-state index in [-0.39, 0.29) is 0 Å². The van der Waals surface area contributed by atoms with Crippen LogP contribution in [0, 0.1) is 5.92 Å². The molecule has 2 nitrogen and oxygen atoms in total. The molecule has 0 aromatic rings. The monoisotopic (exact) mass is 192 g/mol. The van der Waals surface area contributed by atoms with Crippen molar-refractivity contribution < 1.29 is 4.79 Å². The number of hydrogen-bond acceptors (Lipinski definition) is 2. The molecule has 0 aromatic carbocycles. The number of nitrogens with one attached hydrogen (secondary N) is 1. The van der Waals surface area contributed by atoms with E-state index in [1.54, 1.807) is 6.92 Å². The number of ketones is 1. The quantitative estimate of drug-likeness (QED) is 0.689. The minimum Gasteiger partial charge on any atom is -0.394 e. The van der Waals surface area contributed by atoms with Crippen LogP contribution in [0.15, 0.2) is 12.3 Å². The lowest BCUT2D eigenvalue weighted by Crippen LogP contribution is -2.37. The molecule has 1 saturated heterocycles. The highest BCUT2D eigenvalue weighted by Crippen LogP contribution is 2.23. The van der Waals surface area contributed by atoms with Crippen molar-refractivity contribution in [2.45, 2.75) is 45.4 Å². The van der Waals surface area contributed by atoms with E-state index in [0.717, 1.165) is 31.3 Å². The zero-order valence-electron chi connectivity index (χ0n) is 9.18. The second-order valence-corrected chi connectivity index (χ2v) is 4.35. The molecule has 1 rings (SSSR count). The molecule has 1 radical (unpaired) electrons. The number of rotatable bonds is 4. The Morgan fingerprint density at radius 3 is 2.64 bits per heavy atom. The highest BCUT2D eigenvalue weighted by molar-refractivity contribution is 6.38. The Hall–Kier alpha value is -0.725. The first-order valence-corrected chi connectivity index (χ1v) is 5.32. The summed E-state index contributed by atoms with van der Waals surface area (Å²) in [6.45, 7) is 7.49. The highest BCUT2D eigenvalue weighted by Gasteiger charge is 2.22. The van der Waals surface area contributed by atoms with Gasteiger partial charge in [-0.2, -0.15) is 0 Å². The van der Waals surface area contributed by atoms with Gasteiger partial charge in [0.2, 0.25) is 0 Å². The van der Waals surface area contributed by atoms with Crippen molar-refractivity contribution in [3.8, 4) is 0 Å². The number of Topliss-reactive ketones (excluding diaryl/α,β-unsaturated/α-hetero) is 1. The average Bonchev–Trinajstić information content (AvgIpc) is 2.06. The zero-order chi connectivity index (χ0) is 10.6. The van der Waals surface area contributed by atoms with Crippen LogP contribution in [0.4, 0.5) is 0 Å². The molecule has 0 aliphatic carbocycles. The van der Waals surface area contributed by atoms with E-state index in [0.29, 0.717) is 17.6 Å². The number of hydrogen-bond donors (Lipinski definition) is 1. The fourth-order valence-electron chi connectivity index (χ4n) is 2.05. The van der Waals surface area contributed by atoms with Crippen molar-refractivity contribution in [1.82, 2.24) is 5.32 Å². The van der Waals surface area contributed by atoms with Crippen LogP contribution in [0.2, 0.25) is 6.32 Å². The van der Waals surface area contributed by atoms with Gasteiger partial charge in [-0.1, -0.05) is 12.9 Å². The van der Waals surface area contributed by atoms with Crippen molar-refractivity contribution >= 4 is 13.1 Å². The maximum atomic E-state index is 10.9. The van der Waals surface area contributed by atoms with Gasteiger partial charge in [-0.3, -0.25) is 0 Å². The molecule has 1 aliphatic heterocycles. The second-order valence-electron chi connectivity index (χ2n) is 4.35. The molecule has 0 amide bonds. The van der Waals surface area contributed by atoms with Crippen LogP contribution in [-0.2, 0) is 4.79 Å². The summed E-state index contributed by atoms with van der Waals surface area (Å²) in [6, 6.07) is 0. The van der Waals surface area contributed by atoms with Crippen LogP contribution >= 0.6 is 0 Å². The van der Waals surface area contributed by atoms with Gasteiger partial charge < -0.3 is 10.1 Å². The molecule has 2 atom stereocenters. The number of carbonyl (C=O) groups excluding carboxylic acids is 1. The molecule has 3 heteroatoms. The topological polar surface area (TPSA) is 29.1 Å².